The summed E-state index contributed by atoms with van der Waals surface area (Å²) in [5.41, 5.74) is 1.98. The van der Waals surface area contributed by atoms with Crippen LogP contribution in [0.2, 0.25) is 0 Å². The maximum atomic E-state index is 13.0. The number of anilines is 1. The largest absolute Gasteiger partial charge is 0.497 e. The maximum absolute atomic E-state index is 13.0. The van der Waals surface area contributed by atoms with Crippen LogP contribution < -0.4 is 15.2 Å². The molecule has 1 aromatic heterocycles. The molecule has 1 aromatic carbocycles. The number of fused-ring (bicyclic) bond motifs is 1. The zero-order valence-electron chi connectivity index (χ0n) is 14.4. The fourth-order valence-corrected chi connectivity index (χ4v) is 3.92. The summed E-state index contributed by atoms with van der Waals surface area (Å²) in [6, 6.07) is 7.88. The Balaban J connectivity index is 2.05. The summed E-state index contributed by atoms with van der Waals surface area (Å²) in [5, 5.41) is 0.848. The van der Waals surface area contributed by atoms with Crippen LogP contribution in [0.4, 0.5) is 5.82 Å². The molecule has 128 valence electrons. The van der Waals surface area contributed by atoms with E-state index in [-0.39, 0.29) is 5.56 Å². The molecular formula is C18H23N3O2S. The zero-order valence-corrected chi connectivity index (χ0v) is 15.2. The lowest BCUT2D eigenvalue weighted by atomic mass is 10.1. The summed E-state index contributed by atoms with van der Waals surface area (Å²) in [6.07, 6.45) is 0.590. The number of methoxy groups -OCH3 is 1. The lowest BCUT2D eigenvalue weighted by Gasteiger charge is -2.23. The molecule has 0 aliphatic carbocycles. The van der Waals surface area contributed by atoms with Gasteiger partial charge in [0.25, 0.3) is 5.56 Å². The topological polar surface area (TPSA) is 47.4 Å². The van der Waals surface area contributed by atoms with E-state index in [0.29, 0.717) is 6.42 Å². The van der Waals surface area contributed by atoms with Crippen LogP contribution in [0.15, 0.2) is 34.2 Å². The third-order valence-electron chi connectivity index (χ3n) is 4.35. The Hall–Kier alpha value is -1.95. The van der Waals surface area contributed by atoms with E-state index in [1.54, 1.807) is 18.9 Å². The molecule has 2 heterocycles. The van der Waals surface area contributed by atoms with Crippen molar-refractivity contribution in [1.82, 2.24) is 9.55 Å². The zero-order chi connectivity index (χ0) is 17.1. The predicted octanol–water partition coefficient (Wildman–Crippen LogP) is 2.79. The number of ether oxygens (including phenoxy) is 1. The van der Waals surface area contributed by atoms with Gasteiger partial charge in [-0.1, -0.05) is 23.9 Å². The molecule has 1 aliphatic rings. The van der Waals surface area contributed by atoms with Gasteiger partial charge in [0.1, 0.15) is 11.6 Å². The van der Waals surface area contributed by atoms with Crippen molar-refractivity contribution >= 4 is 17.6 Å². The van der Waals surface area contributed by atoms with Gasteiger partial charge in [-0.15, -0.1) is 0 Å². The van der Waals surface area contributed by atoms with Crippen molar-refractivity contribution in [2.75, 3.05) is 30.9 Å². The first kappa shape index (κ1) is 16.9. The minimum Gasteiger partial charge on any atom is -0.497 e. The van der Waals surface area contributed by atoms with E-state index in [1.807, 2.05) is 28.8 Å². The smallest absolute Gasteiger partial charge is 0.259 e. The molecule has 3 rings (SSSR count). The van der Waals surface area contributed by atoms with Crippen LogP contribution in [0, 0.1) is 0 Å². The van der Waals surface area contributed by atoms with E-state index in [1.165, 1.54) is 0 Å². The van der Waals surface area contributed by atoms with Gasteiger partial charge in [0, 0.05) is 31.8 Å². The fraction of sp³-hybridized carbons (Fsp3) is 0.444. The van der Waals surface area contributed by atoms with Gasteiger partial charge < -0.3 is 9.64 Å². The van der Waals surface area contributed by atoms with Crippen molar-refractivity contribution < 1.29 is 4.74 Å². The molecule has 24 heavy (non-hydrogen) atoms. The first-order valence-electron chi connectivity index (χ1n) is 8.32. The molecule has 0 radical (unpaired) electrons. The van der Waals surface area contributed by atoms with Crippen LogP contribution in [-0.2, 0) is 13.0 Å². The third kappa shape index (κ3) is 3.15. The van der Waals surface area contributed by atoms with Crippen molar-refractivity contribution in [2.45, 2.75) is 32.0 Å². The van der Waals surface area contributed by atoms with Crippen molar-refractivity contribution in [1.29, 1.82) is 0 Å². The Morgan fingerprint density at radius 2 is 1.96 bits per heavy atom. The molecular weight excluding hydrogens is 322 g/mol. The van der Waals surface area contributed by atoms with E-state index in [0.717, 1.165) is 53.2 Å². The summed E-state index contributed by atoms with van der Waals surface area (Å²) < 4.78 is 7.03. The molecule has 0 saturated carbocycles. The lowest BCUT2D eigenvalue weighted by molar-refractivity contribution is 0.414. The summed E-state index contributed by atoms with van der Waals surface area (Å²) in [4.78, 5) is 20.0. The SMILES string of the molecule is CCN(CC)c1nc2n(c(=O)c1Cc1ccc(OC)cc1)CCS2. The molecule has 0 N–H and O–H groups in total. The normalized spacial score (nSPS) is 13.0. The predicted molar refractivity (Wildman–Crippen MR) is 98.6 cm³/mol. The van der Waals surface area contributed by atoms with Crippen molar-refractivity contribution in [2.24, 2.45) is 0 Å². The Morgan fingerprint density at radius 3 is 2.58 bits per heavy atom. The highest BCUT2D eigenvalue weighted by Gasteiger charge is 2.23. The van der Waals surface area contributed by atoms with Gasteiger partial charge in [-0.3, -0.25) is 9.36 Å². The van der Waals surface area contributed by atoms with Crippen LogP contribution in [0.3, 0.4) is 0 Å². The Morgan fingerprint density at radius 1 is 1.25 bits per heavy atom. The Kier molecular flexibility index (Phi) is 5.14. The van der Waals surface area contributed by atoms with Crippen LogP contribution >= 0.6 is 11.8 Å². The number of hydrogen-bond acceptors (Lipinski definition) is 5. The maximum Gasteiger partial charge on any atom is 0.259 e. The molecule has 0 fully saturated rings. The van der Waals surface area contributed by atoms with E-state index >= 15 is 0 Å². The van der Waals surface area contributed by atoms with Gasteiger partial charge in [-0.05, 0) is 31.5 Å². The third-order valence-corrected chi connectivity index (χ3v) is 5.31. The van der Waals surface area contributed by atoms with E-state index in [4.69, 9.17) is 9.72 Å². The molecule has 0 bridgehead atoms. The van der Waals surface area contributed by atoms with E-state index in [2.05, 4.69) is 18.7 Å². The second kappa shape index (κ2) is 7.30. The summed E-state index contributed by atoms with van der Waals surface area (Å²) in [7, 11) is 1.65. The van der Waals surface area contributed by atoms with Gasteiger partial charge in [-0.25, -0.2) is 4.98 Å². The highest BCUT2D eigenvalue weighted by molar-refractivity contribution is 7.99. The highest BCUT2D eigenvalue weighted by atomic mass is 32.2. The molecule has 0 amide bonds. The molecule has 5 nitrogen and oxygen atoms in total. The van der Waals surface area contributed by atoms with Crippen LogP contribution in [0.5, 0.6) is 5.75 Å². The second-order valence-corrected chi connectivity index (χ2v) is 6.76. The molecule has 2 aromatic rings. The number of thioether (sulfide) groups is 1. The monoisotopic (exact) mass is 345 g/mol. The van der Waals surface area contributed by atoms with Crippen LogP contribution in [0.1, 0.15) is 25.0 Å². The van der Waals surface area contributed by atoms with Gasteiger partial charge >= 0.3 is 0 Å². The minimum atomic E-state index is 0.0997. The quantitative estimate of drug-likeness (QED) is 0.754. The average Bonchev–Trinajstić information content (AvgIpc) is 3.08. The molecule has 0 spiro atoms. The molecule has 0 saturated heterocycles. The Bertz CT molecular complexity index is 767. The molecule has 0 atom stereocenters. The van der Waals surface area contributed by atoms with Gasteiger partial charge in [0.2, 0.25) is 0 Å². The first-order chi connectivity index (χ1) is 11.7. The highest BCUT2D eigenvalue weighted by Crippen LogP contribution is 2.27. The minimum absolute atomic E-state index is 0.0997. The van der Waals surface area contributed by atoms with Gasteiger partial charge in [-0.2, -0.15) is 0 Å². The number of benzene rings is 1. The van der Waals surface area contributed by atoms with Crippen LogP contribution in [0.25, 0.3) is 0 Å². The standard InChI is InChI=1S/C18H23N3O2S/c1-4-20(5-2)16-15(12-13-6-8-14(23-3)9-7-13)17(22)21-10-11-24-18(21)19-16/h6-9H,4-5,10-12H2,1-3H3. The van der Waals surface area contributed by atoms with Gasteiger partial charge in [0.05, 0.1) is 12.7 Å². The van der Waals surface area contributed by atoms with Crippen LogP contribution in [-0.4, -0.2) is 35.5 Å². The Labute approximate surface area is 146 Å². The number of rotatable bonds is 6. The average molecular weight is 345 g/mol. The second-order valence-electron chi connectivity index (χ2n) is 5.70. The van der Waals surface area contributed by atoms with E-state index in [9.17, 15) is 4.79 Å². The number of aromatic nitrogens is 2. The molecule has 1 aliphatic heterocycles. The number of hydrogen-bond donors (Lipinski definition) is 0. The van der Waals surface area contributed by atoms with Gasteiger partial charge in [0.15, 0.2) is 5.16 Å². The van der Waals surface area contributed by atoms with E-state index < -0.39 is 0 Å². The van der Waals surface area contributed by atoms with Crippen molar-refractivity contribution in [3.63, 3.8) is 0 Å². The molecule has 0 unspecified atom stereocenters. The molecule has 6 heteroatoms. The van der Waals surface area contributed by atoms with Crippen molar-refractivity contribution in [3.05, 3.63) is 45.7 Å². The van der Waals surface area contributed by atoms with Crippen molar-refractivity contribution in [3.8, 4) is 5.75 Å². The first-order valence-corrected chi connectivity index (χ1v) is 9.30. The summed E-state index contributed by atoms with van der Waals surface area (Å²) in [5.74, 6) is 2.58. The lowest BCUT2D eigenvalue weighted by Crippen LogP contribution is -2.32. The fourth-order valence-electron chi connectivity index (χ4n) is 2.99. The summed E-state index contributed by atoms with van der Waals surface area (Å²) >= 11 is 1.66. The number of nitrogens with zero attached hydrogens (tertiary/aromatic N) is 3. The summed E-state index contributed by atoms with van der Waals surface area (Å²) in [6.45, 7) is 6.62.